The van der Waals surface area contributed by atoms with Crippen molar-refractivity contribution in [2.75, 3.05) is 11.4 Å². The number of nitrogens with zero attached hydrogens (tertiary/aromatic N) is 4. The van der Waals surface area contributed by atoms with E-state index in [0.29, 0.717) is 18.4 Å². The highest BCUT2D eigenvalue weighted by atomic mass is 16.5. The van der Waals surface area contributed by atoms with Crippen LogP contribution >= 0.6 is 0 Å². The van der Waals surface area contributed by atoms with E-state index in [-0.39, 0.29) is 5.60 Å². The first-order valence-electron chi connectivity index (χ1n) is 9.91. The van der Waals surface area contributed by atoms with Gasteiger partial charge < -0.3 is 14.1 Å². The number of aromatic nitrogens is 3. The zero-order valence-electron chi connectivity index (χ0n) is 16.5. The average Bonchev–Trinajstić information content (AvgIpc) is 2.99. The monoisotopic (exact) mass is 366 g/mol. The van der Waals surface area contributed by atoms with Gasteiger partial charge in [0.1, 0.15) is 11.8 Å². The predicted octanol–water partition coefficient (Wildman–Crippen LogP) is 4.31. The van der Waals surface area contributed by atoms with Gasteiger partial charge in [-0.15, -0.1) is 0 Å². The summed E-state index contributed by atoms with van der Waals surface area (Å²) < 4.78 is 12.3. The van der Waals surface area contributed by atoms with Gasteiger partial charge in [0.2, 0.25) is 5.71 Å². The lowest BCUT2D eigenvalue weighted by atomic mass is 9.89. The fraction of sp³-hybridized carbons (Fsp3) is 0.571. The Balaban J connectivity index is 1.78. The second-order valence-corrected chi connectivity index (χ2v) is 8.57. The molecule has 27 heavy (non-hydrogen) atoms. The Bertz CT molecular complexity index is 1040. The van der Waals surface area contributed by atoms with E-state index in [1.165, 1.54) is 30.4 Å². The normalized spacial score (nSPS) is 22.4. The minimum atomic E-state index is -0.200. The first kappa shape index (κ1) is 16.9. The number of aryl methyl sites for hydroxylation is 1. The summed E-state index contributed by atoms with van der Waals surface area (Å²) in [5, 5.41) is 1.04. The summed E-state index contributed by atoms with van der Waals surface area (Å²) in [5.41, 5.74) is 5.55. The third-order valence-corrected chi connectivity index (χ3v) is 6.09. The first-order valence-corrected chi connectivity index (χ1v) is 9.91. The molecule has 0 aromatic carbocycles. The number of hydrogen-bond acceptors (Lipinski definition) is 6. The van der Waals surface area contributed by atoms with Crippen molar-refractivity contribution in [3.63, 3.8) is 0 Å². The van der Waals surface area contributed by atoms with Gasteiger partial charge in [0, 0.05) is 30.3 Å². The van der Waals surface area contributed by atoms with Gasteiger partial charge in [-0.1, -0.05) is 0 Å². The molecule has 0 spiro atoms. The first-order chi connectivity index (χ1) is 12.9. The third kappa shape index (κ3) is 2.61. The number of piperidine rings is 1. The molecule has 0 saturated carbocycles. The van der Waals surface area contributed by atoms with Gasteiger partial charge in [0.15, 0.2) is 11.4 Å². The summed E-state index contributed by atoms with van der Waals surface area (Å²) in [6.07, 6.45) is 6.15. The molecule has 6 nitrogen and oxygen atoms in total. The van der Waals surface area contributed by atoms with Crippen molar-refractivity contribution >= 4 is 28.0 Å². The Morgan fingerprint density at radius 2 is 2.04 bits per heavy atom. The SMILES string of the molecule is Cc1nc2oc3c(N4CCCC[C@@H]4C)ncnc3c2c2c1COC(C)(C)C2. The summed E-state index contributed by atoms with van der Waals surface area (Å²) in [6, 6.07) is 0.459. The molecule has 1 atom stereocenters. The Kier molecular flexibility index (Phi) is 3.69. The maximum atomic E-state index is 6.28. The van der Waals surface area contributed by atoms with E-state index < -0.39 is 0 Å². The summed E-state index contributed by atoms with van der Waals surface area (Å²) in [6.45, 7) is 10.2. The zero-order valence-corrected chi connectivity index (χ0v) is 16.5. The van der Waals surface area contributed by atoms with Gasteiger partial charge in [-0.05, 0) is 52.5 Å². The van der Waals surface area contributed by atoms with Crippen LogP contribution in [0.3, 0.4) is 0 Å². The van der Waals surface area contributed by atoms with E-state index in [2.05, 4.69) is 35.6 Å². The number of pyridine rings is 1. The van der Waals surface area contributed by atoms with Crippen molar-refractivity contribution in [2.24, 2.45) is 0 Å². The van der Waals surface area contributed by atoms with Crippen molar-refractivity contribution in [1.29, 1.82) is 0 Å². The van der Waals surface area contributed by atoms with E-state index in [9.17, 15) is 0 Å². The largest absolute Gasteiger partial charge is 0.432 e. The fourth-order valence-corrected chi connectivity index (χ4v) is 4.57. The number of hydrogen-bond donors (Lipinski definition) is 0. The molecule has 1 saturated heterocycles. The molecule has 1 fully saturated rings. The third-order valence-electron chi connectivity index (χ3n) is 6.09. The van der Waals surface area contributed by atoms with Crippen LogP contribution < -0.4 is 4.90 Å². The summed E-state index contributed by atoms with van der Waals surface area (Å²) in [5.74, 6) is 0.905. The molecule has 0 N–H and O–H groups in total. The molecule has 0 radical (unpaired) electrons. The van der Waals surface area contributed by atoms with E-state index in [1.807, 2.05) is 6.92 Å². The van der Waals surface area contributed by atoms with Crippen LogP contribution in [0.5, 0.6) is 0 Å². The number of furan rings is 1. The predicted molar refractivity (Wildman–Crippen MR) is 105 cm³/mol. The lowest BCUT2D eigenvalue weighted by Crippen LogP contribution is -2.38. The molecule has 0 unspecified atom stereocenters. The van der Waals surface area contributed by atoms with E-state index in [4.69, 9.17) is 14.1 Å². The van der Waals surface area contributed by atoms with Crippen LogP contribution in [0.15, 0.2) is 10.7 Å². The van der Waals surface area contributed by atoms with Gasteiger partial charge in [-0.2, -0.15) is 0 Å². The van der Waals surface area contributed by atoms with Crippen LogP contribution in [0, 0.1) is 6.92 Å². The van der Waals surface area contributed by atoms with Crippen LogP contribution in [-0.4, -0.2) is 33.1 Å². The summed E-state index contributed by atoms with van der Waals surface area (Å²) in [4.78, 5) is 16.3. The Morgan fingerprint density at radius 3 is 2.85 bits per heavy atom. The Hall–Kier alpha value is -2.21. The van der Waals surface area contributed by atoms with Gasteiger partial charge in [-0.25, -0.2) is 15.0 Å². The number of rotatable bonds is 1. The van der Waals surface area contributed by atoms with Crippen molar-refractivity contribution in [3.8, 4) is 0 Å². The van der Waals surface area contributed by atoms with Crippen LogP contribution in [0.1, 0.15) is 56.9 Å². The van der Waals surface area contributed by atoms with Crippen molar-refractivity contribution in [3.05, 3.63) is 23.1 Å². The van der Waals surface area contributed by atoms with Gasteiger partial charge in [-0.3, -0.25) is 0 Å². The Labute approximate surface area is 158 Å². The molecule has 0 aliphatic carbocycles. The van der Waals surface area contributed by atoms with E-state index in [0.717, 1.165) is 41.0 Å². The molecule has 5 rings (SSSR count). The van der Waals surface area contributed by atoms with Crippen molar-refractivity contribution < 1.29 is 9.15 Å². The lowest BCUT2D eigenvalue weighted by molar-refractivity contribution is -0.0400. The molecule has 6 heteroatoms. The fourth-order valence-electron chi connectivity index (χ4n) is 4.57. The van der Waals surface area contributed by atoms with Gasteiger partial charge in [0.25, 0.3) is 0 Å². The molecular formula is C21H26N4O2. The minimum absolute atomic E-state index is 0.200. The smallest absolute Gasteiger partial charge is 0.229 e. The van der Waals surface area contributed by atoms with Crippen LogP contribution in [0.2, 0.25) is 0 Å². The van der Waals surface area contributed by atoms with Crippen LogP contribution in [-0.2, 0) is 17.8 Å². The summed E-state index contributed by atoms with van der Waals surface area (Å²) >= 11 is 0. The highest BCUT2D eigenvalue weighted by Crippen LogP contribution is 2.40. The molecule has 5 heterocycles. The topological polar surface area (TPSA) is 64.3 Å². The average molecular weight is 366 g/mol. The van der Waals surface area contributed by atoms with Crippen molar-refractivity contribution in [1.82, 2.24) is 15.0 Å². The molecule has 3 aromatic heterocycles. The molecule has 0 amide bonds. The highest BCUT2D eigenvalue weighted by molar-refractivity contribution is 6.06. The van der Waals surface area contributed by atoms with Crippen molar-refractivity contribution in [2.45, 2.75) is 71.6 Å². The molecule has 142 valence electrons. The number of anilines is 1. The molecule has 0 bridgehead atoms. The van der Waals surface area contributed by atoms with Gasteiger partial charge >= 0.3 is 0 Å². The quantitative estimate of drug-likeness (QED) is 0.639. The molecule has 2 aliphatic rings. The Morgan fingerprint density at radius 1 is 1.19 bits per heavy atom. The highest BCUT2D eigenvalue weighted by Gasteiger charge is 2.32. The molecular weight excluding hydrogens is 340 g/mol. The lowest BCUT2D eigenvalue weighted by Gasteiger charge is -2.34. The number of fused-ring (bicyclic) bond motifs is 5. The minimum Gasteiger partial charge on any atom is -0.432 e. The molecule has 2 aliphatic heterocycles. The standard InChI is InChI=1S/C21H26N4O2/c1-12-7-5-6-8-25(12)19-18-17(22-11-23-19)16-14-9-21(3,4)26-10-15(14)13(2)24-20(16)27-18/h11-12H,5-10H2,1-4H3/t12-/m0/s1. The van der Waals surface area contributed by atoms with Crippen LogP contribution in [0.4, 0.5) is 5.82 Å². The summed E-state index contributed by atoms with van der Waals surface area (Å²) in [7, 11) is 0. The number of ether oxygens (including phenoxy) is 1. The second-order valence-electron chi connectivity index (χ2n) is 8.57. The molecule has 3 aromatic rings. The van der Waals surface area contributed by atoms with E-state index >= 15 is 0 Å². The van der Waals surface area contributed by atoms with Crippen LogP contribution in [0.25, 0.3) is 22.2 Å². The maximum Gasteiger partial charge on any atom is 0.229 e. The maximum absolute atomic E-state index is 6.28. The second kappa shape index (κ2) is 5.89. The van der Waals surface area contributed by atoms with Gasteiger partial charge in [0.05, 0.1) is 17.6 Å². The zero-order chi connectivity index (χ0) is 18.8. The van der Waals surface area contributed by atoms with E-state index in [1.54, 1.807) is 6.33 Å².